The van der Waals surface area contributed by atoms with Crippen molar-refractivity contribution in [3.05, 3.63) is 42.2 Å². The summed E-state index contributed by atoms with van der Waals surface area (Å²) >= 11 is 0. The molecule has 0 saturated carbocycles. The van der Waals surface area contributed by atoms with Gasteiger partial charge in [0.1, 0.15) is 0 Å². The second-order valence-corrected chi connectivity index (χ2v) is 7.26. The highest BCUT2D eigenvalue weighted by Gasteiger charge is 2.15. The van der Waals surface area contributed by atoms with Crippen molar-refractivity contribution >= 4 is 23.2 Å². The van der Waals surface area contributed by atoms with Gasteiger partial charge in [-0.2, -0.15) is 0 Å². The summed E-state index contributed by atoms with van der Waals surface area (Å²) in [5, 5.41) is 6.00. The fraction of sp³-hybridized carbons (Fsp3) is 0.450. The van der Waals surface area contributed by atoms with Crippen molar-refractivity contribution in [1.29, 1.82) is 0 Å². The molecule has 1 fully saturated rings. The molecule has 2 aromatic rings. The Labute approximate surface area is 155 Å². The van der Waals surface area contributed by atoms with Crippen molar-refractivity contribution in [2.24, 2.45) is 5.92 Å². The Morgan fingerprint density at radius 3 is 2.31 bits per heavy atom. The molecule has 0 bridgehead atoms. The first-order valence-electron chi connectivity index (χ1n) is 9.26. The van der Waals surface area contributed by atoms with Gasteiger partial charge in [0.05, 0.1) is 5.56 Å². The van der Waals surface area contributed by atoms with Gasteiger partial charge in [-0.25, -0.2) is 9.97 Å². The Kier molecular flexibility index (Phi) is 5.71. The quantitative estimate of drug-likeness (QED) is 0.859. The van der Waals surface area contributed by atoms with Crippen LogP contribution < -0.4 is 15.5 Å². The summed E-state index contributed by atoms with van der Waals surface area (Å²) in [6.07, 6.45) is 5.59. The van der Waals surface area contributed by atoms with Gasteiger partial charge in [-0.3, -0.25) is 4.79 Å². The Morgan fingerprint density at radius 2 is 1.73 bits per heavy atom. The molecular weight excluding hydrogens is 326 g/mol. The highest BCUT2D eigenvalue weighted by atomic mass is 16.1. The minimum absolute atomic E-state index is 0.0851. The first-order valence-corrected chi connectivity index (χ1v) is 9.26. The molecule has 0 spiro atoms. The molecule has 0 radical (unpaired) electrons. The number of anilines is 3. The predicted octanol–water partition coefficient (Wildman–Crippen LogP) is 3.59. The summed E-state index contributed by atoms with van der Waals surface area (Å²) < 4.78 is 0. The molecule has 26 heavy (non-hydrogen) atoms. The third-order valence-corrected chi connectivity index (χ3v) is 4.61. The Morgan fingerprint density at radius 1 is 1.12 bits per heavy atom. The average Bonchev–Trinajstić information content (AvgIpc) is 2.63. The van der Waals surface area contributed by atoms with E-state index >= 15 is 0 Å². The third-order valence-electron chi connectivity index (χ3n) is 4.61. The first-order chi connectivity index (χ1) is 12.5. The fourth-order valence-electron chi connectivity index (χ4n) is 3.01. The van der Waals surface area contributed by atoms with Crippen molar-refractivity contribution in [2.45, 2.75) is 39.7 Å². The zero-order valence-corrected chi connectivity index (χ0v) is 15.7. The van der Waals surface area contributed by atoms with Crippen LogP contribution in [0.15, 0.2) is 36.7 Å². The standard InChI is InChI=1S/C20H27N5O/c1-14(2)23-19(26)16-12-21-20(22-13-16)24-17-4-6-18(7-5-17)25-10-8-15(3)9-11-25/h4-7,12-15H,8-11H2,1-3H3,(H,23,26)(H,21,22,24). The molecule has 1 aliphatic rings. The molecule has 2 N–H and O–H groups in total. The molecule has 138 valence electrons. The molecule has 2 heterocycles. The molecule has 1 amide bonds. The number of piperidine rings is 1. The highest BCUT2D eigenvalue weighted by molar-refractivity contribution is 5.93. The van der Waals surface area contributed by atoms with Crippen LogP contribution in [-0.2, 0) is 0 Å². The largest absolute Gasteiger partial charge is 0.372 e. The first kappa shape index (κ1) is 18.2. The lowest BCUT2D eigenvalue weighted by Gasteiger charge is -2.32. The maximum absolute atomic E-state index is 11.9. The molecule has 6 heteroatoms. The number of carbonyl (C=O) groups excluding carboxylic acids is 1. The van der Waals surface area contributed by atoms with Gasteiger partial charge in [-0.1, -0.05) is 6.92 Å². The van der Waals surface area contributed by atoms with E-state index in [4.69, 9.17) is 0 Å². The van der Waals surface area contributed by atoms with Crippen molar-refractivity contribution in [1.82, 2.24) is 15.3 Å². The van der Waals surface area contributed by atoms with Crippen LogP contribution in [0.5, 0.6) is 0 Å². The molecule has 1 aromatic carbocycles. The molecule has 1 aromatic heterocycles. The number of rotatable bonds is 5. The zero-order valence-electron chi connectivity index (χ0n) is 15.7. The fourth-order valence-corrected chi connectivity index (χ4v) is 3.01. The van der Waals surface area contributed by atoms with Gasteiger partial charge in [0.15, 0.2) is 0 Å². The van der Waals surface area contributed by atoms with Crippen molar-refractivity contribution in [3.63, 3.8) is 0 Å². The summed E-state index contributed by atoms with van der Waals surface area (Å²) in [6.45, 7) is 8.40. The van der Waals surface area contributed by atoms with Crippen LogP contribution in [-0.4, -0.2) is 35.0 Å². The summed E-state index contributed by atoms with van der Waals surface area (Å²) in [7, 11) is 0. The highest BCUT2D eigenvalue weighted by Crippen LogP contribution is 2.24. The number of hydrogen-bond acceptors (Lipinski definition) is 5. The number of aromatic nitrogens is 2. The van der Waals surface area contributed by atoms with Crippen molar-refractivity contribution in [2.75, 3.05) is 23.3 Å². The van der Waals surface area contributed by atoms with Crippen LogP contribution in [0, 0.1) is 5.92 Å². The molecule has 0 aliphatic carbocycles. The topological polar surface area (TPSA) is 70.2 Å². The number of benzene rings is 1. The Hall–Kier alpha value is -2.63. The van der Waals surface area contributed by atoms with E-state index in [1.807, 2.05) is 26.0 Å². The molecule has 0 unspecified atom stereocenters. The van der Waals surface area contributed by atoms with Crippen LogP contribution in [0.1, 0.15) is 44.0 Å². The minimum Gasteiger partial charge on any atom is -0.372 e. The van der Waals surface area contributed by atoms with Crippen LogP contribution >= 0.6 is 0 Å². The number of nitrogens with one attached hydrogen (secondary N) is 2. The minimum atomic E-state index is -0.160. The lowest BCUT2D eigenvalue weighted by molar-refractivity contribution is 0.0942. The summed E-state index contributed by atoms with van der Waals surface area (Å²) in [4.78, 5) is 22.8. The number of hydrogen-bond donors (Lipinski definition) is 2. The SMILES string of the molecule is CC1CCN(c2ccc(Nc3ncc(C(=O)NC(C)C)cn3)cc2)CC1. The van der Waals surface area contributed by atoms with E-state index in [1.54, 1.807) is 0 Å². The van der Waals surface area contributed by atoms with E-state index in [0.29, 0.717) is 11.5 Å². The molecule has 0 atom stereocenters. The van der Waals surface area contributed by atoms with Gasteiger partial charge in [-0.15, -0.1) is 0 Å². The van der Waals surface area contributed by atoms with E-state index in [9.17, 15) is 4.79 Å². The van der Waals surface area contributed by atoms with E-state index in [2.05, 4.69) is 44.6 Å². The third kappa shape index (κ3) is 4.71. The van der Waals surface area contributed by atoms with Gasteiger partial charge in [0, 0.05) is 42.9 Å². The van der Waals surface area contributed by atoms with E-state index < -0.39 is 0 Å². The zero-order chi connectivity index (χ0) is 18.5. The lowest BCUT2D eigenvalue weighted by atomic mass is 9.99. The van der Waals surface area contributed by atoms with Crippen molar-refractivity contribution < 1.29 is 4.79 Å². The smallest absolute Gasteiger partial charge is 0.254 e. The maximum atomic E-state index is 11.9. The predicted molar refractivity (Wildman–Crippen MR) is 105 cm³/mol. The van der Waals surface area contributed by atoms with Crippen LogP contribution in [0.25, 0.3) is 0 Å². The maximum Gasteiger partial charge on any atom is 0.254 e. The number of nitrogens with zero attached hydrogens (tertiary/aromatic N) is 3. The summed E-state index contributed by atoms with van der Waals surface area (Å²) in [5.74, 6) is 1.15. The van der Waals surface area contributed by atoms with Gasteiger partial charge in [0.2, 0.25) is 5.95 Å². The van der Waals surface area contributed by atoms with E-state index in [0.717, 1.165) is 24.7 Å². The monoisotopic (exact) mass is 353 g/mol. The summed E-state index contributed by atoms with van der Waals surface area (Å²) in [6, 6.07) is 8.42. The van der Waals surface area contributed by atoms with Crippen molar-refractivity contribution in [3.8, 4) is 0 Å². The number of carbonyl (C=O) groups is 1. The normalized spacial score (nSPS) is 15.2. The van der Waals surface area contributed by atoms with Crippen LogP contribution in [0.3, 0.4) is 0 Å². The van der Waals surface area contributed by atoms with Gasteiger partial charge >= 0.3 is 0 Å². The van der Waals surface area contributed by atoms with Gasteiger partial charge < -0.3 is 15.5 Å². The molecule has 1 aliphatic heterocycles. The molecule has 1 saturated heterocycles. The second kappa shape index (κ2) is 8.17. The molecule has 6 nitrogen and oxygen atoms in total. The lowest BCUT2D eigenvalue weighted by Crippen LogP contribution is -2.32. The van der Waals surface area contributed by atoms with Gasteiger partial charge in [0.25, 0.3) is 5.91 Å². The Balaban J connectivity index is 1.59. The van der Waals surface area contributed by atoms with Crippen LogP contribution in [0.4, 0.5) is 17.3 Å². The Bertz CT molecular complexity index is 719. The number of amides is 1. The van der Waals surface area contributed by atoms with Crippen LogP contribution in [0.2, 0.25) is 0 Å². The molecular formula is C20H27N5O. The van der Waals surface area contributed by atoms with Gasteiger partial charge in [-0.05, 0) is 56.9 Å². The summed E-state index contributed by atoms with van der Waals surface area (Å²) in [5.41, 5.74) is 2.64. The molecule has 3 rings (SSSR count). The second-order valence-electron chi connectivity index (χ2n) is 7.26. The van der Waals surface area contributed by atoms with E-state index in [1.165, 1.54) is 30.9 Å². The van der Waals surface area contributed by atoms with E-state index in [-0.39, 0.29) is 11.9 Å². The average molecular weight is 353 g/mol.